The van der Waals surface area contributed by atoms with Gasteiger partial charge in [-0.25, -0.2) is 4.79 Å². The number of rotatable bonds is 4. The summed E-state index contributed by atoms with van der Waals surface area (Å²) in [4.78, 5) is 11.5. The molecule has 0 aliphatic heterocycles. The van der Waals surface area contributed by atoms with Crippen LogP contribution in [0.25, 0.3) is 0 Å². The summed E-state index contributed by atoms with van der Waals surface area (Å²) in [5.41, 5.74) is 11.9. The number of carbonyl (C=O) groups is 1. The summed E-state index contributed by atoms with van der Waals surface area (Å²) in [6.07, 6.45) is 0. The van der Waals surface area contributed by atoms with Gasteiger partial charge in [-0.15, -0.1) is 0 Å². The average Bonchev–Trinajstić information content (AvgIpc) is 2.53. The molecule has 0 radical (unpaired) electrons. The molecule has 0 aliphatic rings. The lowest BCUT2D eigenvalue weighted by Crippen LogP contribution is -2.16. The maximum Gasteiger partial charge on any atom is 0.337 e. The van der Waals surface area contributed by atoms with Gasteiger partial charge in [0.25, 0.3) is 0 Å². The molecule has 108 valence electrons. The van der Waals surface area contributed by atoms with Crippen LogP contribution in [0.15, 0.2) is 53.6 Å². The van der Waals surface area contributed by atoms with E-state index in [0.717, 1.165) is 11.3 Å². The van der Waals surface area contributed by atoms with Crippen molar-refractivity contribution >= 4 is 17.5 Å². The topological polar surface area (TPSA) is 76.7 Å². The van der Waals surface area contributed by atoms with Gasteiger partial charge in [0.05, 0.1) is 18.4 Å². The number of ether oxygens (including phenoxy) is 1. The van der Waals surface area contributed by atoms with Crippen molar-refractivity contribution in [2.45, 2.75) is 6.92 Å². The number of nitrogens with two attached hydrogens (primary N) is 1. The zero-order valence-electron chi connectivity index (χ0n) is 12.0. The lowest BCUT2D eigenvalue weighted by Gasteiger charge is -2.07. The minimum Gasteiger partial charge on any atom is -0.465 e. The first-order valence-electron chi connectivity index (χ1n) is 6.45. The molecular formula is C16H17N3O2. The molecule has 21 heavy (non-hydrogen) atoms. The van der Waals surface area contributed by atoms with Gasteiger partial charge in [0.2, 0.25) is 0 Å². The fourth-order valence-corrected chi connectivity index (χ4v) is 1.81. The second-order valence-corrected chi connectivity index (χ2v) is 4.50. The van der Waals surface area contributed by atoms with Crippen molar-refractivity contribution in [3.05, 3.63) is 65.2 Å². The maximum absolute atomic E-state index is 11.5. The van der Waals surface area contributed by atoms with Crippen LogP contribution in [0.2, 0.25) is 0 Å². The smallest absolute Gasteiger partial charge is 0.337 e. The zero-order chi connectivity index (χ0) is 15.2. The van der Waals surface area contributed by atoms with Crippen LogP contribution >= 0.6 is 0 Å². The Labute approximate surface area is 123 Å². The standard InChI is InChI=1S/C16H17N3O2/c1-11-6-3-4-9-14(11)18-19-15(17)12-7-5-8-13(10-12)16(20)21-2/h3-10,18H,1-2H3,(H2,17,19). The van der Waals surface area contributed by atoms with Crippen LogP contribution in [0.1, 0.15) is 21.5 Å². The Bertz CT molecular complexity index is 681. The molecule has 0 unspecified atom stereocenters. The van der Waals surface area contributed by atoms with Crippen LogP contribution in [0.3, 0.4) is 0 Å². The Morgan fingerprint density at radius 3 is 2.57 bits per heavy atom. The van der Waals surface area contributed by atoms with Crippen LogP contribution in [-0.4, -0.2) is 18.9 Å². The van der Waals surface area contributed by atoms with Crippen LogP contribution in [0.4, 0.5) is 5.69 Å². The number of anilines is 1. The van der Waals surface area contributed by atoms with E-state index in [1.54, 1.807) is 24.3 Å². The highest BCUT2D eigenvalue weighted by molar-refractivity contribution is 6.00. The van der Waals surface area contributed by atoms with Crippen molar-refractivity contribution in [3.8, 4) is 0 Å². The number of carbonyl (C=O) groups excluding carboxylic acids is 1. The largest absolute Gasteiger partial charge is 0.465 e. The normalized spacial score (nSPS) is 11.0. The highest BCUT2D eigenvalue weighted by Crippen LogP contribution is 2.13. The van der Waals surface area contributed by atoms with E-state index >= 15 is 0 Å². The van der Waals surface area contributed by atoms with Gasteiger partial charge in [0, 0.05) is 5.56 Å². The molecule has 0 saturated carbocycles. The van der Waals surface area contributed by atoms with Crippen molar-refractivity contribution in [2.24, 2.45) is 10.8 Å². The van der Waals surface area contributed by atoms with Gasteiger partial charge < -0.3 is 10.5 Å². The Morgan fingerprint density at radius 2 is 1.86 bits per heavy atom. The zero-order valence-corrected chi connectivity index (χ0v) is 12.0. The molecule has 5 heteroatoms. The second-order valence-electron chi connectivity index (χ2n) is 4.50. The predicted molar refractivity (Wildman–Crippen MR) is 83.3 cm³/mol. The van der Waals surface area contributed by atoms with E-state index < -0.39 is 5.97 Å². The Morgan fingerprint density at radius 1 is 1.14 bits per heavy atom. The Balaban J connectivity index is 2.20. The first-order valence-corrected chi connectivity index (χ1v) is 6.45. The molecule has 2 aromatic rings. The molecule has 2 aromatic carbocycles. The van der Waals surface area contributed by atoms with Crippen LogP contribution in [-0.2, 0) is 4.74 Å². The number of benzene rings is 2. The van der Waals surface area contributed by atoms with Crippen LogP contribution < -0.4 is 11.2 Å². The SMILES string of the molecule is COC(=O)c1cccc(/C(N)=N/Nc2ccccc2C)c1. The molecule has 0 aromatic heterocycles. The van der Waals surface area contributed by atoms with Crippen LogP contribution in [0.5, 0.6) is 0 Å². The molecule has 0 heterocycles. The summed E-state index contributed by atoms with van der Waals surface area (Å²) in [7, 11) is 1.34. The van der Waals surface area contributed by atoms with Gasteiger partial charge in [-0.05, 0) is 30.7 Å². The fraction of sp³-hybridized carbons (Fsp3) is 0.125. The van der Waals surface area contributed by atoms with E-state index in [1.165, 1.54) is 7.11 Å². The number of methoxy groups -OCH3 is 1. The molecule has 0 spiro atoms. The average molecular weight is 283 g/mol. The summed E-state index contributed by atoms with van der Waals surface area (Å²) in [6, 6.07) is 14.6. The van der Waals surface area contributed by atoms with Gasteiger partial charge >= 0.3 is 5.97 Å². The van der Waals surface area contributed by atoms with Gasteiger partial charge in [0.15, 0.2) is 5.84 Å². The van der Waals surface area contributed by atoms with E-state index in [-0.39, 0.29) is 0 Å². The predicted octanol–water partition coefficient (Wildman–Crippen LogP) is 2.51. The summed E-state index contributed by atoms with van der Waals surface area (Å²) >= 11 is 0. The molecule has 5 nitrogen and oxygen atoms in total. The number of para-hydroxylation sites is 1. The monoisotopic (exact) mass is 283 g/mol. The van der Waals surface area contributed by atoms with E-state index in [9.17, 15) is 4.79 Å². The van der Waals surface area contributed by atoms with E-state index in [4.69, 9.17) is 5.73 Å². The fourth-order valence-electron chi connectivity index (χ4n) is 1.81. The number of esters is 1. The van der Waals surface area contributed by atoms with E-state index in [1.807, 2.05) is 31.2 Å². The number of aryl methyl sites for hydroxylation is 1. The molecule has 2 rings (SSSR count). The Kier molecular flexibility index (Phi) is 4.56. The summed E-state index contributed by atoms with van der Waals surface area (Å²) in [5.74, 6) is -0.111. The summed E-state index contributed by atoms with van der Waals surface area (Å²) in [5, 5.41) is 4.14. The third-order valence-corrected chi connectivity index (χ3v) is 3.02. The summed E-state index contributed by atoms with van der Waals surface area (Å²) < 4.78 is 4.68. The van der Waals surface area contributed by atoms with Crippen molar-refractivity contribution in [2.75, 3.05) is 12.5 Å². The quantitative estimate of drug-likeness (QED) is 0.391. The molecule has 0 atom stereocenters. The minimum atomic E-state index is -0.406. The van der Waals surface area contributed by atoms with Gasteiger partial charge in [-0.3, -0.25) is 5.43 Å². The highest BCUT2D eigenvalue weighted by Gasteiger charge is 2.07. The van der Waals surface area contributed by atoms with E-state index in [0.29, 0.717) is 17.0 Å². The third kappa shape index (κ3) is 3.60. The second kappa shape index (κ2) is 6.56. The van der Waals surface area contributed by atoms with Crippen molar-refractivity contribution in [3.63, 3.8) is 0 Å². The van der Waals surface area contributed by atoms with Crippen molar-refractivity contribution in [1.82, 2.24) is 0 Å². The molecule has 0 saturated heterocycles. The van der Waals surface area contributed by atoms with Gasteiger partial charge in [-0.1, -0.05) is 30.3 Å². The molecule has 0 aliphatic carbocycles. The van der Waals surface area contributed by atoms with Crippen molar-refractivity contribution in [1.29, 1.82) is 0 Å². The number of nitrogens with one attached hydrogen (secondary N) is 1. The molecule has 0 amide bonds. The van der Waals surface area contributed by atoms with Gasteiger partial charge in [-0.2, -0.15) is 5.10 Å². The first-order chi connectivity index (χ1) is 10.1. The number of hydrogen-bond acceptors (Lipinski definition) is 4. The number of nitrogens with zero attached hydrogens (tertiary/aromatic N) is 1. The lowest BCUT2D eigenvalue weighted by atomic mass is 10.1. The maximum atomic E-state index is 11.5. The molecule has 3 N–H and O–H groups in total. The highest BCUT2D eigenvalue weighted by atomic mass is 16.5. The third-order valence-electron chi connectivity index (χ3n) is 3.02. The first kappa shape index (κ1) is 14.6. The summed E-state index contributed by atoms with van der Waals surface area (Å²) in [6.45, 7) is 1.98. The molecule has 0 bridgehead atoms. The van der Waals surface area contributed by atoms with Gasteiger partial charge in [0.1, 0.15) is 0 Å². The van der Waals surface area contributed by atoms with Crippen LogP contribution in [0, 0.1) is 6.92 Å². The number of hydrogen-bond donors (Lipinski definition) is 2. The van der Waals surface area contributed by atoms with Crippen molar-refractivity contribution < 1.29 is 9.53 Å². The molecule has 0 fully saturated rings. The lowest BCUT2D eigenvalue weighted by molar-refractivity contribution is 0.0600. The number of amidine groups is 1. The minimum absolute atomic E-state index is 0.295. The van der Waals surface area contributed by atoms with E-state index in [2.05, 4.69) is 15.3 Å². The molecular weight excluding hydrogens is 266 g/mol. The number of hydrazone groups is 1. The Hall–Kier alpha value is -2.82.